The first-order valence-electron chi connectivity index (χ1n) is 11.2. The quantitative estimate of drug-likeness (QED) is 0.263. The number of rotatable bonds is 3. The van der Waals surface area contributed by atoms with Crippen LogP contribution in [0.1, 0.15) is 25.3 Å². The molecule has 0 radical (unpaired) electrons. The summed E-state index contributed by atoms with van der Waals surface area (Å²) in [7, 11) is 0. The second-order valence-corrected chi connectivity index (χ2v) is 9.79. The Balaban J connectivity index is 1.66. The van der Waals surface area contributed by atoms with E-state index in [1.54, 1.807) is 0 Å². The van der Waals surface area contributed by atoms with Gasteiger partial charge in [-0.1, -0.05) is 117 Å². The molecule has 0 N–H and O–H groups in total. The Hall–Kier alpha value is -3.42. The molecule has 1 heterocycles. The van der Waals surface area contributed by atoms with Crippen LogP contribution < -0.4 is 0 Å². The predicted molar refractivity (Wildman–Crippen MR) is 142 cm³/mol. The molecule has 1 heteroatoms. The van der Waals surface area contributed by atoms with Crippen molar-refractivity contribution in [3.8, 4) is 22.3 Å². The summed E-state index contributed by atoms with van der Waals surface area (Å²) in [6.45, 7) is 4.53. The Morgan fingerprint density at radius 3 is 1.94 bits per heavy atom. The minimum atomic E-state index is 0.515. The summed E-state index contributed by atoms with van der Waals surface area (Å²) < 4.78 is 2.73. The maximum Gasteiger partial charge on any atom is 0.0434 e. The first-order valence-corrected chi connectivity index (χ1v) is 12.0. The van der Waals surface area contributed by atoms with Gasteiger partial charge in [-0.05, 0) is 38.9 Å². The largest absolute Gasteiger partial charge is 0.134 e. The monoisotopic (exact) mass is 428 g/mol. The molecule has 154 valence electrons. The summed E-state index contributed by atoms with van der Waals surface area (Å²) in [5.74, 6) is 0.515. The molecule has 32 heavy (non-hydrogen) atoms. The Morgan fingerprint density at radius 1 is 0.531 bits per heavy atom. The molecule has 6 rings (SSSR count). The van der Waals surface area contributed by atoms with Crippen LogP contribution in [0.4, 0.5) is 0 Å². The zero-order valence-electron chi connectivity index (χ0n) is 18.3. The van der Waals surface area contributed by atoms with Gasteiger partial charge in [0.1, 0.15) is 0 Å². The molecule has 0 fully saturated rings. The zero-order valence-corrected chi connectivity index (χ0v) is 19.1. The van der Waals surface area contributed by atoms with Crippen LogP contribution in [0.15, 0.2) is 103 Å². The third kappa shape index (κ3) is 3.04. The van der Waals surface area contributed by atoms with Crippen molar-refractivity contribution < 1.29 is 0 Å². The lowest BCUT2D eigenvalue weighted by atomic mass is 9.93. The van der Waals surface area contributed by atoms with Crippen LogP contribution in [0.3, 0.4) is 0 Å². The van der Waals surface area contributed by atoms with Crippen LogP contribution in [-0.2, 0) is 0 Å². The maximum absolute atomic E-state index is 2.39. The van der Waals surface area contributed by atoms with Gasteiger partial charge >= 0.3 is 0 Å². The van der Waals surface area contributed by atoms with Gasteiger partial charge in [-0.2, -0.15) is 0 Å². The van der Waals surface area contributed by atoms with E-state index in [-0.39, 0.29) is 0 Å². The molecule has 0 unspecified atom stereocenters. The molecule has 1 aromatic heterocycles. The minimum Gasteiger partial charge on any atom is -0.134 e. The van der Waals surface area contributed by atoms with Crippen LogP contribution in [0.5, 0.6) is 0 Å². The third-order valence-corrected chi connectivity index (χ3v) is 7.76. The minimum absolute atomic E-state index is 0.515. The maximum atomic E-state index is 2.39. The Kier molecular flexibility index (Phi) is 4.59. The van der Waals surface area contributed by atoms with Crippen molar-refractivity contribution >= 4 is 42.3 Å². The van der Waals surface area contributed by atoms with Crippen LogP contribution in [0, 0.1) is 0 Å². The van der Waals surface area contributed by atoms with Gasteiger partial charge in [-0.15, -0.1) is 11.3 Å². The van der Waals surface area contributed by atoms with Crippen LogP contribution in [0.25, 0.3) is 53.2 Å². The molecule has 0 aliphatic heterocycles. The van der Waals surface area contributed by atoms with Crippen molar-refractivity contribution in [1.29, 1.82) is 0 Å². The summed E-state index contributed by atoms with van der Waals surface area (Å²) >= 11 is 1.92. The molecular weight excluding hydrogens is 404 g/mol. The van der Waals surface area contributed by atoms with E-state index in [0.29, 0.717) is 5.92 Å². The molecule has 0 saturated heterocycles. The summed E-state index contributed by atoms with van der Waals surface area (Å²) in [5.41, 5.74) is 6.63. The van der Waals surface area contributed by atoms with E-state index < -0.39 is 0 Å². The lowest BCUT2D eigenvalue weighted by Gasteiger charge is -2.12. The van der Waals surface area contributed by atoms with E-state index in [0.717, 1.165) is 0 Å². The molecule has 0 bridgehead atoms. The summed E-state index contributed by atoms with van der Waals surface area (Å²) in [6, 6.07) is 37.8. The molecule has 0 saturated carbocycles. The fourth-order valence-electron chi connectivity index (χ4n) is 4.76. The van der Waals surface area contributed by atoms with E-state index in [2.05, 4.69) is 117 Å². The number of hydrogen-bond acceptors (Lipinski definition) is 1. The standard InChI is InChI=1S/C31H24S/c1-20(2)23-18-17-22-11-6-13-25(29(22)19-23)26-14-8-16-28-27-15-7-12-24(30(27)32-31(26)28)21-9-4-3-5-10-21/h3-20H,1-2H3. The summed E-state index contributed by atoms with van der Waals surface area (Å²) in [4.78, 5) is 0. The van der Waals surface area contributed by atoms with E-state index in [9.17, 15) is 0 Å². The molecular formula is C31H24S. The van der Waals surface area contributed by atoms with Gasteiger partial charge < -0.3 is 0 Å². The molecule has 5 aromatic carbocycles. The SMILES string of the molecule is CC(C)c1ccc2cccc(-c3cccc4c3sc3c(-c5ccccc5)cccc34)c2c1. The van der Waals surface area contributed by atoms with E-state index >= 15 is 0 Å². The first-order chi connectivity index (χ1) is 15.7. The molecule has 0 nitrogen and oxygen atoms in total. The highest BCUT2D eigenvalue weighted by Gasteiger charge is 2.15. The number of thiophene rings is 1. The summed E-state index contributed by atoms with van der Waals surface area (Å²) in [6.07, 6.45) is 0. The highest BCUT2D eigenvalue weighted by molar-refractivity contribution is 7.26. The number of hydrogen-bond donors (Lipinski definition) is 0. The number of benzene rings is 5. The highest BCUT2D eigenvalue weighted by Crippen LogP contribution is 2.44. The van der Waals surface area contributed by atoms with Crippen LogP contribution in [0.2, 0.25) is 0 Å². The van der Waals surface area contributed by atoms with Crippen molar-refractivity contribution in [2.45, 2.75) is 19.8 Å². The van der Waals surface area contributed by atoms with Crippen LogP contribution in [-0.4, -0.2) is 0 Å². The van der Waals surface area contributed by atoms with Gasteiger partial charge in [0.15, 0.2) is 0 Å². The first kappa shape index (κ1) is 19.3. The van der Waals surface area contributed by atoms with Crippen molar-refractivity contribution in [3.63, 3.8) is 0 Å². The average molecular weight is 429 g/mol. The summed E-state index contributed by atoms with van der Waals surface area (Å²) in [5, 5.41) is 5.33. The second kappa shape index (κ2) is 7.62. The van der Waals surface area contributed by atoms with Crippen molar-refractivity contribution in [1.82, 2.24) is 0 Å². The van der Waals surface area contributed by atoms with Gasteiger partial charge in [0, 0.05) is 25.7 Å². The van der Waals surface area contributed by atoms with Crippen molar-refractivity contribution in [2.24, 2.45) is 0 Å². The number of fused-ring (bicyclic) bond motifs is 4. The average Bonchev–Trinajstić information content (AvgIpc) is 3.23. The van der Waals surface area contributed by atoms with E-state index in [1.165, 1.54) is 58.8 Å². The van der Waals surface area contributed by atoms with E-state index in [1.807, 2.05) is 11.3 Å². The molecule has 6 aromatic rings. The lowest BCUT2D eigenvalue weighted by molar-refractivity contribution is 0.869. The normalized spacial score (nSPS) is 11.7. The Bertz CT molecular complexity index is 1590. The highest BCUT2D eigenvalue weighted by atomic mass is 32.1. The fourth-order valence-corrected chi connectivity index (χ4v) is 6.13. The molecule has 0 aliphatic rings. The lowest BCUT2D eigenvalue weighted by Crippen LogP contribution is -1.88. The van der Waals surface area contributed by atoms with Gasteiger partial charge in [-0.3, -0.25) is 0 Å². The topological polar surface area (TPSA) is 0 Å². The van der Waals surface area contributed by atoms with Gasteiger partial charge in [0.05, 0.1) is 0 Å². The fraction of sp³-hybridized carbons (Fsp3) is 0.0968. The zero-order chi connectivity index (χ0) is 21.7. The second-order valence-electron chi connectivity index (χ2n) is 8.77. The van der Waals surface area contributed by atoms with Gasteiger partial charge in [0.2, 0.25) is 0 Å². The Morgan fingerprint density at radius 2 is 1.19 bits per heavy atom. The van der Waals surface area contributed by atoms with Crippen molar-refractivity contribution in [3.05, 3.63) is 109 Å². The van der Waals surface area contributed by atoms with E-state index in [4.69, 9.17) is 0 Å². The van der Waals surface area contributed by atoms with Gasteiger partial charge in [-0.25, -0.2) is 0 Å². The third-order valence-electron chi connectivity index (χ3n) is 6.47. The smallest absolute Gasteiger partial charge is 0.0434 e. The predicted octanol–water partition coefficient (Wildman–Crippen LogP) is 9.67. The van der Waals surface area contributed by atoms with Crippen molar-refractivity contribution in [2.75, 3.05) is 0 Å². The molecule has 0 spiro atoms. The molecule has 0 atom stereocenters. The van der Waals surface area contributed by atoms with Gasteiger partial charge in [0.25, 0.3) is 0 Å². The molecule has 0 aliphatic carbocycles. The Labute approximate surface area is 192 Å². The molecule has 0 amide bonds. The van der Waals surface area contributed by atoms with Crippen LogP contribution >= 0.6 is 11.3 Å².